The topological polar surface area (TPSA) is 103 Å². The number of nitrogens with one attached hydrogen (secondary N) is 2. The lowest BCUT2D eigenvalue weighted by molar-refractivity contribution is -0.384. The molecule has 0 spiro atoms. The normalized spacial score (nSPS) is 13.6. The summed E-state index contributed by atoms with van der Waals surface area (Å²) in [4.78, 5) is 23.0. The highest BCUT2D eigenvalue weighted by molar-refractivity contribution is 5.97. The number of nitrogens with zero attached hydrogens (tertiary/aromatic N) is 1. The first kappa shape index (κ1) is 17.7. The second-order valence-electron chi connectivity index (χ2n) is 5.95. The Balaban J connectivity index is 1.81. The number of hydrogen-bond donors (Lipinski definition) is 2. The number of non-ortho nitro benzene ring substituents is 1. The molecule has 0 unspecified atom stereocenters. The number of nitro benzene ring substituents is 1. The standard InChI is InChI=1S/C18H19N3O5/c1-25-14-3-5-15(6-4-14)26-17-7-2-13(21(23)24)8-16(17)18(22)20-11-12-9-19-10-12/h2-8,12,19H,9-11H2,1H3,(H,20,22). The third-order valence-electron chi connectivity index (χ3n) is 4.12. The van der Waals surface area contributed by atoms with Crippen LogP contribution in [0.4, 0.5) is 5.69 Å². The molecule has 3 rings (SSSR count). The maximum Gasteiger partial charge on any atom is 0.270 e. The summed E-state index contributed by atoms with van der Waals surface area (Å²) in [6.07, 6.45) is 0. The molecular formula is C18H19N3O5. The molecule has 2 aromatic rings. The molecule has 1 amide bonds. The second-order valence-corrected chi connectivity index (χ2v) is 5.95. The molecule has 136 valence electrons. The monoisotopic (exact) mass is 357 g/mol. The predicted octanol–water partition coefficient (Wildman–Crippen LogP) is 2.34. The van der Waals surface area contributed by atoms with Gasteiger partial charge in [0, 0.05) is 37.7 Å². The van der Waals surface area contributed by atoms with Crippen molar-refractivity contribution in [2.75, 3.05) is 26.7 Å². The summed E-state index contributed by atoms with van der Waals surface area (Å²) in [5.41, 5.74) is -0.0372. The molecule has 1 saturated heterocycles. The highest BCUT2D eigenvalue weighted by Gasteiger charge is 2.21. The highest BCUT2D eigenvalue weighted by atomic mass is 16.6. The van der Waals surface area contributed by atoms with Gasteiger partial charge in [0.25, 0.3) is 11.6 Å². The molecule has 8 nitrogen and oxygen atoms in total. The first-order valence-electron chi connectivity index (χ1n) is 8.16. The summed E-state index contributed by atoms with van der Waals surface area (Å²) in [5, 5.41) is 17.0. The fraction of sp³-hybridized carbons (Fsp3) is 0.278. The number of amides is 1. The fourth-order valence-electron chi connectivity index (χ4n) is 2.49. The van der Waals surface area contributed by atoms with Crippen LogP contribution in [0.5, 0.6) is 17.2 Å². The van der Waals surface area contributed by atoms with E-state index in [1.807, 2.05) is 0 Å². The SMILES string of the molecule is COc1ccc(Oc2ccc([N+](=O)[O-])cc2C(=O)NCC2CNC2)cc1. The molecule has 1 aliphatic heterocycles. The van der Waals surface area contributed by atoms with Crippen molar-refractivity contribution in [3.63, 3.8) is 0 Å². The van der Waals surface area contributed by atoms with E-state index in [1.165, 1.54) is 18.2 Å². The zero-order valence-corrected chi connectivity index (χ0v) is 14.2. The Morgan fingerprint density at radius 1 is 1.23 bits per heavy atom. The van der Waals surface area contributed by atoms with Crippen molar-refractivity contribution in [3.8, 4) is 17.2 Å². The molecule has 1 aliphatic rings. The van der Waals surface area contributed by atoms with Crippen molar-refractivity contribution in [1.29, 1.82) is 0 Å². The number of rotatable bonds is 7. The number of methoxy groups -OCH3 is 1. The van der Waals surface area contributed by atoms with E-state index in [2.05, 4.69) is 10.6 Å². The third-order valence-corrected chi connectivity index (χ3v) is 4.12. The fourth-order valence-corrected chi connectivity index (χ4v) is 2.49. The van der Waals surface area contributed by atoms with Gasteiger partial charge in [0.2, 0.25) is 0 Å². The zero-order chi connectivity index (χ0) is 18.5. The summed E-state index contributed by atoms with van der Waals surface area (Å²) >= 11 is 0. The molecule has 2 aromatic carbocycles. The number of nitro groups is 1. The minimum absolute atomic E-state index is 0.127. The second kappa shape index (κ2) is 7.83. The minimum atomic E-state index is -0.538. The molecule has 1 fully saturated rings. The van der Waals surface area contributed by atoms with Crippen LogP contribution in [0.25, 0.3) is 0 Å². The molecular weight excluding hydrogens is 338 g/mol. The van der Waals surface area contributed by atoms with Crippen LogP contribution in [-0.4, -0.2) is 37.6 Å². The van der Waals surface area contributed by atoms with Gasteiger partial charge in [0.05, 0.1) is 17.6 Å². The maximum atomic E-state index is 12.5. The molecule has 0 radical (unpaired) electrons. The van der Waals surface area contributed by atoms with Gasteiger partial charge in [-0.3, -0.25) is 14.9 Å². The molecule has 0 saturated carbocycles. The van der Waals surface area contributed by atoms with Crippen LogP contribution < -0.4 is 20.1 Å². The average molecular weight is 357 g/mol. The summed E-state index contributed by atoms with van der Waals surface area (Å²) in [5.74, 6) is 1.41. The number of benzene rings is 2. The van der Waals surface area contributed by atoms with E-state index < -0.39 is 10.8 Å². The molecule has 0 bridgehead atoms. The zero-order valence-electron chi connectivity index (χ0n) is 14.2. The van der Waals surface area contributed by atoms with E-state index in [9.17, 15) is 14.9 Å². The quantitative estimate of drug-likeness (QED) is 0.582. The smallest absolute Gasteiger partial charge is 0.270 e. The van der Waals surface area contributed by atoms with Gasteiger partial charge in [-0.05, 0) is 30.3 Å². The van der Waals surface area contributed by atoms with Gasteiger partial charge < -0.3 is 20.1 Å². The van der Waals surface area contributed by atoms with Gasteiger partial charge in [-0.1, -0.05) is 0 Å². The van der Waals surface area contributed by atoms with Gasteiger partial charge >= 0.3 is 0 Å². The number of ether oxygens (including phenoxy) is 2. The van der Waals surface area contributed by atoms with E-state index in [4.69, 9.17) is 9.47 Å². The summed E-state index contributed by atoms with van der Waals surface area (Å²) in [7, 11) is 1.56. The predicted molar refractivity (Wildman–Crippen MR) is 94.9 cm³/mol. The van der Waals surface area contributed by atoms with E-state index in [0.29, 0.717) is 24.0 Å². The van der Waals surface area contributed by atoms with E-state index in [1.54, 1.807) is 31.4 Å². The molecule has 8 heteroatoms. The van der Waals surface area contributed by atoms with Crippen molar-refractivity contribution in [2.45, 2.75) is 0 Å². The van der Waals surface area contributed by atoms with Crippen molar-refractivity contribution < 1.29 is 19.2 Å². The first-order chi connectivity index (χ1) is 12.6. The number of carbonyl (C=O) groups is 1. The Bertz CT molecular complexity index is 803. The number of carbonyl (C=O) groups excluding carboxylic acids is 1. The van der Waals surface area contributed by atoms with Crippen LogP contribution in [0, 0.1) is 16.0 Å². The lowest BCUT2D eigenvalue weighted by Gasteiger charge is -2.27. The maximum absolute atomic E-state index is 12.5. The molecule has 26 heavy (non-hydrogen) atoms. The van der Waals surface area contributed by atoms with Crippen molar-refractivity contribution in [3.05, 3.63) is 58.1 Å². The largest absolute Gasteiger partial charge is 0.497 e. The third kappa shape index (κ3) is 4.09. The van der Waals surface area contributed by atoms with Gasteiger partial charge in [0.15, 0.2) is 0 Å². The molecule has 0 aliphatic carbocycles. The van der Waals surface area contributed by atoms with Gasteiger partial charge in [-0.25, -0.2) is 0 Å². The summed E-state index contributed by atoms with van der Waals surface area (Å²) in [6, 6.07) is 10.8. The average Bonchev–Trinajstić information content (AvgIpc) is 2.61. The van der Waals surface area contributed by atoms with Gasteiger partial charge in [0.1, 0.15) is 17.2 Å². The van der Waals surface area contributed by atoms with E-state index >= 15 is 0 Å². The van der Waals surface area contributed by atoms with Crippen LogP contribution in [0.15, 0.2) is 42.5 Å². The first-order valence-corrected chi connectivity index (χ1v) is 8.16. The Kier molecular flexibility index (Phi) is 5.33. The van der Waals surface area contributed by atoms with Crippen LogP contribution in [0.1, 0.15) is 10.4 Å². The lowest BCUT2D eigenvalue weighted by Crippen LogP contribution is -2.48. The highest BCUT2D eigenvalue weighted by Crippen LogP contribution is 2.29. The molecule has 2 N–H and O–H groups in total. The van der Waals surface area contributed by atoms with Gasteiger partial charge in [-0.2, -0.15) is 0 Å². The molecule has 0 atom stereocenters. The Morgan fingerprint density at radius 2 is 1.92 bits per heavy atom. The minimum Gasteiger partial charge on any atom is -0.497 e. The van der Waals surface area contributed by atoms with E-state index in [0.717, 1.165) is 13.1 Å². The van der Waals surface area contributed by atoms with Crippen LogP contribution >= 0.6 is 0 Å². The van der Waals surface area contributed by atoms with Gasteiger partial charge in [-0.15, -0.1) is 0 Å². The van der Waals surface area contributed by atoms with Crippen LogP contribution in [0.3, 0.4) is 0 Å². The Labute approximate surface area is 150 Å². The van der Waals surface area contributed by atoms with Crippen molar-refractivity contribution >= 4 is 11.6 Å². The van der Waals surface area contributed by atoms with E-state index in [-0.39, 0.29) is 17.0 Å². The Morgan fingerprint density at radius 3 is 2.50 bits per heavy atom. The molecule has 0 aromatic heterocycles. The Hall–Kier alpha value is -3.13. The van der Waals surface area contributed by atoms with Crippen molar-refractivity contribution in [2.24, 2.45) is 5.92 Å². The summed E-state index contributed by atoms with van der Waals surface area (Å²) < 4.78 is 10.9. The summed E-state index contributed by atoms with van der Waals surface area (Å²) in [6.45, 7) is 2.21. The van der Waals surface area contributed by atoms with Crippen LogP contribution in [0.2, 0.25) is 0 Å². The van der Waals surface area contributed by atoms with Crippen molar-refractivity contribution in [1.82, 2.24) is 10.6 Å². The molecule has 1 heterocycles. The lowest BCUT2D eigenvalue weighted by atomic mass is 10.0. The number of hydrogen-bond acceptors (Lipinski definition) is 6. The van der Waals surface area contributed by atoms with Crippen LogP contribution in [-0.2, 0) is 0 Å².